The molecule has 1 fully saturated rings. The van der Waals surface area contributed by atoms with Gasteiger partial charge in [-0.15, -0.1) is 0 Å². The maximum absolute atomic E-state index is 9.12. The van der Waals surface area contributed by atoms with E-state index in [1.165, 1.54) is 5.56 Å². The maximum atomic E-state index is 9.12. The molecule has 1 aliphatic rings. The van der Waals surface area contributed by atoms with Gasteiger partial charge in [-0.3, -0.25) is 4.68 Å². The van der Waals surface area contributed by atoms with E-state index in [1.807, 2.05) is 10.9 Å². The first-order valence-corrected chi connectivity index (χ1v) is 4.50. The number of aromatic nitrogens is 2. The summed E-state index contributed by atoms with van der Waals surface area (Å²) in [5, 5.41) is 13.3. The molecule has 3 nitrogen and oxygen atoms in total. The van der Waals surface area contributed by atoms with E-state index < -0.39 is 0 Å². The standard InChI is InChI=1S/C9H14N2O/c1-2-11-6-8(5-10-11)7-3-9(12)4-7/h5-7,9,12H,2-4H2,1H3. The first-order chi connectivity index (χ1) is 5.79. The highest BCUT2D eigenvalue weighted by Crippen LogP contribution is 2.36. The zero-order chi connectivity index (χ0) is 8.55. The lowest BCUT2D eigenvalue weighted by Crippen LogP contribution is -2.26. The number of aliphatic hydroxyl groups is 1. The van der Waals surface area contributed by atoms with E-state index in [0.717, 1.165) is 19.4 Å². The summed E-state index contributed by atoms with van der Waals surface area (Å²) in [6.07, 6.45) is 5.75. The van der Waals surface area contributed by atoms with Crippen LogP contribution in [0.2, 0.25) is 0 Å². The van der Waals surface area contributed by atoms with Crippen LogP contribution in [0, 0.1) is 0 Å². The molecule has 12 heavy (non-hydrogen) atoms. The van der Waals surface area contributed by atoms with Gasteiger partial charge < -0.3 is 5.11 Å². The first kappa shape index (κ1) is 7.80. The number of aryl methyl sites for hydroxylation is 1. The van der Waals surface area contributed by atoms with Crippen LogP contribution in [-0.4, -0.2) is 21.0 Å². The molecule has 66 valence electrons. The minimum absolute atomic E-state index is 0.0695. The topological polar surface area (TPSA) is 38.0 Å². The first-order valence-electron chi connectivity index (χ1n) is 4.50. The number of nitrogens with zero attached hydrogens (tertiary/aromatic N) is 2. The van der Waals surface area contributed by atoms with Gasteiger partial charge in [-0.1, -0.05) is 0 Å². The van der Waals surface area contributed by atoms with E-state index in [-0.39, 0.29) is 6.10 Å². The molecular formula is C9H14N2O. The highest BCUT2D eigenvalue weighted by atomic mass is 16.3. The number of aliphatic hydroxyl groups excluding tert-OH is 1. The van der Waals surface area contributed by atoms with Crippen molar-refractivity contribution in [1.29, 1.82) is 0 Å². The highest BCUT2D eigenvalue weighted by molar-refractivity contribution is 5.15. The average molecular weight is 166 g/mol. The molecule has 0 aliphatic heterocycles. The lowest BCUT2D eigenvalue weighted by atomic mass is 9.79. The molecule has 1 saturated carbocycles. The lowest BCUT2D eigenvalue weighted by molar-refractivity contribution is 0.0746. The molecule has 0 atom stereocenters. The molecule has 0 bridgehead atoms. The molecule has 0 amide bonds. The molecule has 0 saturated heterocycles. The van der Waals surface area contributed by atoms with E-state index in [4.69, 9.17) is 5.11 Å². The molecule has 1 aromatic rings. The van der Waals surface area contributed by atoms with Crippen LogP contribution in [-0.2, 0) is 6.54 Å². The fourth-order valence-corrected chi connectivity index (χ4v) is 1.62. The Balaban J connectivity index is 2.04. The van der Waals surface area contributed by atoms with E-state index in [0.29, 0.717) is 5.92 Å². The Labute approximate surface area is 72.0 Å². The number of rotatable bonds is 2. The van der Waals surface area contributed by atoms with Gasteiger partial charge in [0.25, 0.3) is 0 Å². The molecule has 1 heterocycles. The van der Waals surface area contributed by atoms with Crippen molar-refractivity contribution in [3.05, 3.63) is 18.0 Å². The largest absolute Gasteiger partial charge is 0.393 e. The van der Waals surface area contributed by atoms with Gasteiger partial charge >= 0.3 is 0 Å². The van der Waals surface area contributed by atoms with Crippen molar-refractivity contribution in [1.82, 2.24) is 9.78 Å². The molecule has 0 radical (unpaired) electrons. The lowest BCUT2D eigenvalue weighted by Gasteiger charge is -2.30. The predicted molar refractivity (Wildman–Crippen MR) is 45.9 cm³/mol. The monoisotopic (exact) mass is 166 g/mol. The van der Waals surface area contributed by atoms with Crippen molar-refractivity contribution in [3.8, 4) is 0 Å². The van der Waals surface area contributed by atoms with Crippen LogP contribution < -0.4 is 0 Å². The van der Waals surface area contributed by atoms with Gasteiger partial charge in [0.05, 0.1) is 12.3 Å². The Bertz CT molecular complexity index is 263. The van der Waals surface area contributed by atoms with Crippen molar-refractivity contribution >= 4 is 0 Å². The van der Waals surface area contributed by atoms with Crippen LogP contribution in [0.4, 0.5) is 0 Å². The average Bonchev–Trinajstić information content (AvgIpc) is 2.46. The van der Waals surface area contributed by atoms with Crippen LogP contribution >= 0.6 is 0 Å². The van der Waals surface area contributed by atoms with E-state index in [1.54, 1.807) is 0 Å². The summed E-state index contributed by atoms with van der Waals surface area (Å²) < 4.78 is 1.93. The minimum atomic E-state index is -0.0695. The molecule has 0 unspecified atom stereocenters. The van der Waals surface area contributed by atoms with Crippen LogP contribution in [0.5, 0.6) is 0 Å². The number of hydrogen-bond donors (Lipinski definition) is 1. The quantitative estimate of drug-likeness (QED) is 0.715. The van der Waals surface area contributed by atoms with Crippen LogP contribution in [0.15, 0.2) is 12.4 Å². The SMILES string of the molecule is CCn1cc(C2CC(O)C2)cn1. The van der Waals surface area contributed by atoms with E-state index >= 15 is 0 Å². The molecule has 1 aromatic heterocycles. The van der Waals surface area contributed by atoms with Crippen molar-refractivity contribution in [2.75, 3.05) is 0 Å². The van der Waals surface area contributed by atoms with Crippen LogP contribution in [0.3, 0.4) is 0 Å². The van der Waals surface area contributed by atoms with E-state index in [2.05, 4.69) is 18.2 Å². The molecular weight excluding hydrogens is 152 g/mol. The van der Waals surface area contributed by atoms with Gasteiger partial charge in [-0.25, -0.2) is 0 Å². The van der Waals surface area contributed by atoms with Crippen molar-refractivity contribution < 1.29 is 5.11 Å². The van der Waals surface area contributed by atoms with Gasteiger partial charge in [-0.05, 0) is 31.2 Å². The third kappa shape index (κ3) is 1.25. The summed E-state index contributed by atoms with van der Waals surface area (Å²) in [6, 6.07) is 0. The summed E-state index contributed by atoms with van der Waals surface area (Å²) in [4.78, 5) is 0. The second-order valence-corrected chi connectivity index (χ2v) is 3.45. The predicted octanol–water partition coefficient (Wildman–Crippen LogP) is 1.14. The Kier molecular flexibility index (Phi) is 1.89. The highest BCUT2D eigenvalue weighted by Gasteiger charge is 2.29. The summed E-state index contributed by atoms with van der Waals surface area (Å²) in [5.74, 6) is 0.556. The van der Waals surface area contributed by atoms with Gasteiger partial charge in [0, 0.05) is 12.7 Å². The summed E-state index contributed by atoms with van der Waals surface area (Å²) in [7, 11) is 0. The van der Waals surface area contributed by atoms with Gasteiger partial charge in [-0.2, -0.15) is 5.10 Å². The molecule has 0 spiro atoms. The fraction of sp³-hybridized carbons (Fsp3) is 0.667. The summed E-state index contributed by atoms with van der Waals surface area (Å²) in [6.45, 7) is 3.00. The molecule has 0 aromatic carbocycles. The second kappa shape index (κ2) is 2.90. The third-order valence-electron chi connectivity index (χ3n) is 2.56. The number of hydrogen-bond acceptors (Lipinski definition) is 2. The van der Waals surface area contributed by atoms with Gasteiger partial charge in [0.2, 0.25) is 0 Å². The Hall–Kier alpha value is -0.830. The third-order valence-corrected chi connectivity index (χ3v) is 2.56. The van der Waals surface area contributed by atoms with Crippen molar-refractivity contribution in [2.24, 2.45) is 0 Å². The van der Waals surface area contributed by atoms with Crippen LogP contribution in [0.25, 0.3) is 0 Å². The maximum Gasteiger partial charge on any atom is 0.0552 e. The zero-order valence-electron chi connectivity index (χ0n) is 7.27. The summed E-state index contributed by atoms with van der Waals surface area (Å²) in [5.41, 5.74) is 1.28. The van der Waals surface area contributed by atoms with Gasteiger partial charge in [0.15, 0.2) is 0 Å². The zero-order valence-corrected chi connectivity index (χ0v) is 7.27. The molecule has 1 N–H and O–H groups in total. The Morgan fingerprint density at radius 2 is 2.42 bits per heavy atom. The van der Waals surface area contributed by atoms with Crippen molar-refractivity contribution in [3.63, 3.8) is 0 Å². The molecule has 3 heteroatoms. The van der Waals surface area contributed by atoms with Gasteiger partial charge in [0.1, 0.15) is 0 Å². The smallest absolute Gasteiger partial charge is 0.0552 e. The molecule has 1 aliphatic carbocycles. The fourth-order valence-electron chi connectivity index (χ4n) is 1.62. The second-order valence-electron chi connectivity index (χ2n) is 3.45. The Morgan fingerprint density at radius 3 is 2.92 bits per heavy atom. The normalized spacial score (nSPS) is 28.5. The molecule has 2 rings (SSSR count). The summed E-state index contributed by atoms with van der Waals surface area (Å²) >= 11 is 0. The van der Waals surface area contributed by atoms with E-state index in [9.17, 15) is 0 Å². The van der Waals surface area contributed by atoms with Crippen molar-refractivity contribution in [2.45, 2.75) is 38.3 Å². The minimum Gasteiger partial charge on any atom is -0.393 e. The Morgan fingerprint density at radius 1 is 1.67 bits per heavy atom. The van der Waals surface area contributed by atoms with Crippen LogP contribution in [0.1, 0.15) is 31.2 Å².